The molecule has 4 nitrogen and oxygen atoms in total. The highest BCUT2D eigenvalue weighted by Crippen LogP contribution is 2.39. The van der Waals surface area contributed by atoms with E-state index in [-0.39, 0.29) is 31.1 Å². The van der Waals surface area contributed by atoms with Crippen LogP contribution in [0.4, 0.5) is 30.7 Å². The highest BCUT2D eigenvalue weighted by molar-refractivity contribution is 5.76. The molecule has 0 saturated carbocycles. The molecule has 28 heavy (non-hydrogen) atoms. The third kappa shape index (κ3) is 4.57. The van der Waals surface area contributed by atoms with Gasteiger partial charge in [-0.15, -0.1) is 0 Å². The summed E-state index contributed by atoms with van der Waals surface area (Å²) in [5.74, 6) is -3.40. The van der Waals surface area contributed by atoms with Crippen molar-refractivity contribution in [1.29, 1.82) is 0 Å². The van der Waals surface area contributed by atoms with Crippen LogP contribution >= 0.6 is 0 Å². The van der Waals surface area contributed by atoms with Gasteiger partial charge in [0.1, 0.15) is 5.82 Å². The van der Waals surface area contributed by atoms with E-state index in [0.29, 0.717) is 18.9 Å². The summed E-state index contributed by atoms with van der Waals surface area (Å²) in [5, 5.41) is 2.85. The number of nitrogens with one attached hydrogen (secondary N) is 1. The van der Waals surface area contributed by atoms with E-state index in [1.54, 1.807) is 0 Å². The molecular formula is C17H16F7NO3. The van der Waals surface area contributed by atoms with E-state index in [9.17, 15) is 35.5 Å². The van der Waals surface area contributed by atoms with E-state index in [4.69, 9.17) is 4.74 Å². The van der Waals surface area contributed by atoms with E-state index in [2.05, 4.69) is 10.1 Å². The second-order valence-corrected chi connectivity index (χ2v) is 6.94. The molecule has 0 amide bonds. The standard InChI is InChI=1S/C17H16F7NO3/c18-13-5-10(16(19,20)21)2-1-9(13)8-27-12-6-11-3-4-15(7-12,25-11)28-14(26)17(22,23)24/h1-2,5,11-12,25H,3-4,6-8H2/t11-,12+,15+/m0/s1. The van der Waals surface area contributed by atoms with Gasteiger partial charge in [0.25, 0.3) is 0 Å². The molecule has 1 N–H and O–H groups in total. The van der Waals surface area contributed by atoms with Crippen LogP contribution in [0.3, 0.4) is 0 Å². The summed E-state index contributed by atoms with van der Waals surface area (Å²) < 4.78 is 99.3. The van der Waals surface area contributed by atoms with Gasteiger partial charge < -0.3 is 9.47 Å². The monoisotopic (exact) mass is 415 g/mol. The molecule has 0 aliphatic carbocycles. The van der Waals surface area contributed by atoms with Crippen LogP contribution in [-0.4, -0.2) is 30.0 Å². The summed E-state index contributed by atoms with van der Waals surface area (Å²) in [5.41, 5.74) is -2.76. The smallest absolute Gasteiger partial charge is 0.437 e. The topological polar surface area (TPSA) is 47.6 Å². The third-order valence-electron chi connectivity index (χ3n) is 4.84. The second kappa shape index (κ2) is 7.18. The van der Waals surface area contributed by atoms with Crippen LogP contribution in [0.2, 0.25) is 0 Å². The maximum absolute atomic E-state index is 13.9. The van der Waals surface area contributed by atoms with E-state index < -0.39 is 41.5 Å². The molecule has 156 valence electrons. The Kier molecular flexibility index (Phi) is 5.34. The zero-order valence-electron chi connectivity index (χ0n) is 14.3. The Hall–Kier alpha value is -1.88. The lowest BCUT2D eigenvalue weighted by atomic mass is 9.99. The maximum atomic E-state index is 13.9. The molecule has 2 aliphatic heterocycles. The van der Waals surface area contributed by atoms with Crippen molar-refractivity contribution in [3.8, 4) is 0 Å². The molecule has 0 spiro atoms. The van der Waals surface area contributed by atoms with Gasteiger partial charge in [-0.25, -0.2) is 9.18 Å². The number of carbonyl (C=O) groups excluding carboxylic acids is 1. The summed E-state index contributed by atoms with van der Waals surface area (Å²) in [6.07, 6.45) is -9.49. The summed E-state index contributed by atoms with van der Waals surface area (Å²) in [7, 11) is 0. The molecule has 11 heteroatoms. The number of alkyl halides is 6. The number of hydrogen-bond donors (Lipinski definition) is 1. The molecule has 2 saturated heterocycles. The van der Waals surface area contributed by atoms with Gasteiger partial charge in [-0.2, -0.15) is 26.3 Å². The van der Waals surface area contributed by atoms with Crippen molar-refractivity contribution in [1.82, 2.24) is 5.32 Å². The van der Waals surface area contributed by atoms with Crippen LogP contribution in [0.15, 0.2) is 18.2 Å². The molecule has 0 radical (unpaired) electrons. The normalized spacial score (nSPS) is 27.7. The number of hydrogen-bond acceptors (Lipinski definition) is 4. The number of ether oxygens (including phenoxy) is 2. The molecular weight excluding hydrogens is 399 g/mol. The molecule has 2 aliphatic rings. The van der Waals surface area contributed by atoms with Crippen molar-refractivity contribution < 1.29 is 45.0 Å². The van der Waals surface area contributed by atoms with E-state index in [1.807, 2.05) is 0 Å². The molecule has 2 heterocycles. The first-order valence-electron chi connectivity index (χ1n) is 8.43. The minimum absolute atomic E-state index is 0.0758. The van der Waals surface area contributed by atoms with Crippen LogP contribution in [0.1, 0.15) is 36.8 Å². The summed E-state index contributed by atoms with van der Waals surface area (Å²) in [6.45, 7) is -0.356. The number of rotatable bonds is 4. The number of benzene rings is 1. The van der Waals surface area contributed by atoms with Crippen LogP contribution < -0.4 is 5.32 Å². The van der Waals surface area contributed by atoms with Crippen molar-refractivity contribution in [2.24, 2.45) is 0 Å². The molecule has 1 aromatic carbocycles. The Bertz CT molecular complexity index is 749. The number of piperidine rings is 1. The van der Waals surface area contributed by atoms with Crippen LogP contribution in [0.5, 0.6) is 0 Å². The lowest BCUT2D eigenvalue weighted by molar-refractivity contribution is -0.221. The molecule has 2 bridgehead atoms. The fourth-order valence-electron chi connectivity index (χ4n) is 3.56. The summed E-state index contributed by atoms with van der Waals surface area (Å²) >= 11 is 0. The molecule has 0 aromatic heterocycles. The fourth-order valence-corrected chi connectivity index (χ4v) is 3.56. The maximum Gasteiger partial charge on any atom is 0.490 e. The Morgan fingerprint density at radius 2 is 1.93 bits per heavy atom. The predicted molar refractivity (Wildman–Crippen MR) is 80.2 cm³/mol. The minimum atomic E-state index is -5.13. The molecule has 1 aromatic rings. The van der Waals surface area contributed by atoms with Gasteiger partial charge in [0.05, 0.1) is 18.3 Å². The predicted octanol–water partition coefficient (Wildman–Crippen LogP) is 4.08. The quantitative estimate of drug-likeness (QED) is 0.595. The van der Waals surface area contributed by atoms with Crippen LogP contribution in [0.25, 0.3) is 0 Å². The lowest BCUT2D eigenvalue weighted by Gasteiger charge is -2.38. The first-order chi connectivity index (χ1) is 12.9. The van der Waals surface area contributed by atoms with Crippen molar-refractivity contribution in [3.05, 3.63) is 35.1 Å². The zero-order chi connectivity index (χ0) is 20.7. The minimum Gasteiger partial charge on any atom is -0.437 e. The SMILES string of the molecule is O=C(O[C@]12CC[C@@H](C[C@@H](OCc3ccc(C(F)(F)F)cc3F)C1)N2)C(F)(F)F. The highest BCUT2D eigenvalue weighted by Gasteiger charge is 2.52. The van der Waals surface area contributed by atoms with Crippen molar-refractivity contribution >= 4 is 5.97 Å². The van der Waals surface area contributed by atoms with Gasteiger partial charge in [0, 0.05) is 24.4 Å². The Morgan fingerprint density at radius 3 is 2.54 bits per heavy atom. The van der Waals surface area contributed by atoms with Crippen LogP contribution in [-0.2, 0) is 27.1 Å². The third-order valence-corrected chi connectivity index (χ3v) is 4.84. The Morgan fingerprint density at radius 1 is 1.21 bits per heavy atom. The first kappa shape index (κ1) is 20.8. The first-order valence-corrected chi connectivity index (χ1v) is 8.43. The largest absolute Gasteiger partial charge is 0.490 e. The van der Waals surface area contributed by atoms with Gasteiger partial charge in [-0.05, 0) is 25.0 Å². The molecule has 3 atom stereocenters. The average Bonchev–Trinajstić information content (AvgIpc) is 2.86. The number of carbonyl (C=O) groups is 1. The van der Waals surface area contributed by atoms with Crippen molar-refractivity contribution in [2.75, 3.05) is 0 Å². The van der Waals surface area contributed by atoms with E-state index in [0.717, 1.165) is 12.1 Å². The second-order valence-electron chi connectivity index (χ2n) is 6.94. The van der Waals surface area contributed by atoms with Gasteiger partial charge >= 0.3 is 18.3 Å². The van der Waals surface area contributed by atoms with Gasteiger partial charge in [0.15, 0.2) is 5.72 Å². The fraction of sp³-hybridized carbons (Fsp3) is 0.588. The van der Waals surface area contributed by atoms with Crippen molar-refractivity contribution in [2.45, 2.75) is 62.5 Å². The van der Waals surface area contributed by atoms with Crippen LogP contribution in [0, 0.1) is 5.82 Å². The summed E-state index contributed by atoms with van der Waals surface area (Å²) in [4.78, 5) is 11.2. The highest BCUT2D eigenvalue weighted by atomic mass is 19.4. The molecule has 0 unspecified atom stereocenters. The Labute approximate surface area is 155 Å². The van der Waals surface area contributed by atoms with Gasteiger partial charge in [0.2, 0.25) is 0 Å². The average molecular weight is 415 g/mol. The van der Waals surface area contributed by atoms with Gasteiger partial charge in [-0.1, -0.05) is 6.07 Å². The van der Waals surface area contributed by atoms with E-state index >= 15 is 0 Å². The lowest BCUT2D eigenvalue weighted by Crippen LogP contribution is -2.55. The van der Waals surface area contributed by atoms with Crippen molar-refractivity contribution in [3.63, 3.8) is 0 Å². The number of halogens is 7. The Balaban J connectivity index is 1.64. The summed E-state index contributed by atoms with van der Waals surface area (Å²) in [6, 6.07) is 1.79. The molecule has 3 rings (SSSR count). The zero-order valence-corrected chi connectivity index (χ0v) is 14.3. The van der Waals surface area contributed by atoms with Gasteiger partial charge in [-0.3, -0.25) is 5.32 Å². The molecule has 2 fully saturated rings. The van der Waals surface area contributed by atoms with E-state index in [1.165, 1.54) is 0 Å². The number of fused-ring (bicyclic) bond motifs is 2. The number of esters is 1.